The zero-order valence-electron chi connectivity index (χ0n) is 15.0. The van der Waals surface area contributed by atoms with Gasteiger partial charge in [0.25, 0.3) is 0 Å². The lowest BCUT2D eigenvalue weighted by atomic mass is 10.2. The zero-order chi connectivity index (χ0) is 19.0. The molecule has 0 aliphatic carbocycles. The van der Waals surface area contributed by atoms with E-state index >= 15 is 0 Å². The first kappa shape index (κ1) is 17.8. The van der Waals surface area contributed by atoms with Crippen LogP contribution in [0.25, 0.3) is 11.0 Å². The highest BCUT2D eigenvalue weighted by atomic mass is 32.2. The highest BCUT2D eigenvalue weighted by molar-refractivity contribution is 7.89. The number of hydrogen-bond acceptors (Lipinski definition) is 5. The van der Waals surface area contributed by atoms with E-state index in [1.54, 1.807) is 12.1 Å². The molecule has 1 aromatic heterocycles. The molecule has 6 nitrogen and oxygen atoms in total. The Balaban J connectivity index is 1.55. The summed E-state index contributed by atoms with van der Waals surface area (Å²) in [7, 11) is -3.59. The summed E-state index contributed by atoms with van der Waals surface area (Å²) in [5.41, 5.74) is 2.23. The summed E-state index contributed by atoms with van der Waals surface area (Å²) in [4.78, 5) is 13.7. The smallest absolute Gasteiger partial charge is 0.336 e. The van der Waals surface area contributed by atoms with Gasteiger partial charge in [-0.3, -0.25) is 0 Å². The Morgan fingerprint density at radius 1 is 0.926 bits per heavy atom. The van der Waals surface area contributed by atoms with Gasteiger partial charge in [-0.05, 0) is 48.9 Å². The molecule has 1 saturated heterocycles. The van der Waals surface area contributed by atoms with Gasteiger partial charge in [0.15, 0.2) is 0 Å². The molecule has 1 fully saturated rings. The second kappa shape index (κ2) is 6.83. The lowest BCUT2D eigenvalue weighted by molar-refractivity contribution is 0.385. The van der Waals surface area contributed by atoms with Crippen molar-refractivity contribution in [1.29, 1.82) is 0 Å². The maximum absolute atomic E-state index is 13.0. The van der Waals surface area contributed by atoms with Crippen LogP contribution >= 0.6 is 0 Å². The number of piperazine rings is 1. The van der Waals surface area contributed by atoms with Crippen LogP contribution in [-0.2, 0) is 10.0 Å². The summed E-state index contributed by atoms with van der Waals surface area (Å²) in [5, 5.41) is 0.592. The number of anilines is 1. The van der Waals surface area contributed by atoms with Crippen LogP contribution in [-0.4, -0.2) is 38.9 Å². The van der Waals surface area contributed by atoms with Gasteiger partial charge >= 0.3 is 5.63 Å². The molecule has 0 saturated carbocycles. The quantitative estimate of drug-likeness (QED) is 0.649. The van der Waals surface area contributed by atoms with Crippen LogP contribution in [0, 0.1) is 6.92 Å². The fourth-order valence-electron chi connectivity index (χ4n) is 3.37. The minimum absolute atomic E-state index is 0.216. The zero-order valence-corrected chi connectivity index (χ0v) is 15.8. The van der Waals surface area contributed by atoms with E-state index in [9.17, 15) is 13.2 Å². The second-order valence-electron chi connectivity index (χ2n) is 6.68. The van der Waals surface area contributed by atoms with Crippen LogP contribution in [0.1, 0.15) is 5.56 Å². The highest BCUT2D eigenvalue weighted by Crippen LogP contribution is 2.24. The Hall–Kier alpha value is -2.64. The third kappa shape index (κ3) is 3.48. The van der Waals surface area contributed by atoms with Crippen molar-refractivity contribution >= 4 is 26.7 Å². The van der Waals surface area contributed by atoms with Crippen molar-refractivity contribution in [3.63, 3.8) is 0 Å². The highest BCUT2D eigenvalue weighted by Gasteiger charge is 2.28. The number of aryl methyl sites for hydroxylation is 1. The number of benzene rings is 2. The Kier molecular flexibility index (Phi) is 4.49. The molecule has 3 aromatic rings. The van der Waals surface area contributed by atoms with E-state index in [1.807, 2.05) is 25.1 Å². The van der Waals surface area contributed by atoms with E-state index in [1.165, 1.54) is 28.1 Å². The van der Waals surface area contributed by atoms with Gasteiger partial charge in [-0.1, -0.05) is 12.1 Å². The largest absolute Gasteiger partial charge is 0.423 e. The van der Waals surface area contributed by atoms with Gasteiger partial charge in [0.05, 0.1) is 4.90 Å². The molecule has 0 atom stereocenters. The monoisotopic (exact) mass is 384 g/mol. The maximum atomic E-state index is 13.0. The molecule has 4 rings (SSSR count). The summed E-state index contributed by atoms with van der Waals surface area (Å²) in [5.74, 6) is 0. The van der Waals surface area contributed by atoms with Gasteiger partial charge in [-0.15, -0.1) is 0 Å². The maximum Gasteiger partial charge on any atom is 0.336 e. The topological polar surface area (TPSA) is 70.8 Å². The number of fused-ring (bicyclic) bond motifs is 1. The third-order valence-electron chi connectivity index (χ3n) is 4.83. The van der Waals surface area contributed by atoms with Crippen LogP contribution < -0.4 is 10.5 Å². The fourth-order valence-corrected chi connectivity index (χ4v) is 4.83. The van der Waals surface area contributed by atoms with E-state index in [0.29, 0.717) is 37.1 Å². The summed E-state index contributed by atoms with van der Waals surface area (Å²) in [6.07, 6.45) is 0. The van der Waals surface area contributed by atoms with Crippen LogP contribution in [0.2, 0.25) is 0 Å². The Morgan fingerprint density at radius 2 is 1.70 bits per heavy atom. The van der Waals surface area contributed by atoms with Crippen LogP contribution in [0.3, 0.4) is 0 Å². The fraction of sp³-hybridized carbons (Fsp3) is 0.250. The SMILES string of the molecule is Cc1cccc(N2CCN(S(=O)(=O)c3ccc4oc(=O)ccc4c3)CC2)c1. The molecule has 0 unspecified atom stereocenters. The second-order valence-corrected chi connectivity index (χ2v) is 8.62. The van der Waals surface area contributed by atoms with E-state index < -0.39 is 15.6 Å². The average Bonchev–Trinajstić information content (AvgIpc) is 2.67. The normalized spacial score (nSPS) is 16.0. The summed E-state index contributed by atoms with van der Waals surface area (Å²) >= 11 is 0. The van der Waals surface area contributed by atoms with Crippen LogP contribution in [0.15, 0.2) is 68.7 Å². The first-order chi connectivity index (χ1) is 12.9. The molecule has 2 heterocycles. The molecule has 2 aromatic carbocycles. The van der Waals surface area contributed by atoms with Gasteiger partial charge in [0, 0.05) is 43.3 Å². The van der Waals surface area contributed by atoms with Gasteiger partial charge in [0.1, 0.15) is 5.58 Å². The Labute approximate surface area is 157 Å². The van der Waals surface area contributed by atoms with Gasteiger partial charge in [-0.25, -0.2) is 13.2 Å². The molecular weight excluding hydrogens is 364 g/mol. The first-order valence-electron chi connectivity index (χ1n) is 8.79. The lowest BCUT2D eigenvalue weighted by Gasteiger charge is -2.35. The first-order valence-corrected chi connectivity index (χ1v) is 10.2. The van der Waals surface area contributed by atoms with E-state index in [4.69, 9.17) is 4.42 Å². The molecule has 1 aliphatic rings. The molecule has 27 heavy (non-hydrogen) atoms. The number of sulfonamides is 1. The van der Waals surface area contributed by atoms with E-state index in [-0.39, 0.29) is 4.90 Å². The number of nitrogens with zero attached hydrogens (tertiary/aromatic N) is 2. The molecule has 0 N–H and O–H groups in total. The predicted molar refractivity (Wildman–Crippen MR) is 105 cm³/mol. The molecule has 7 heteroatoms. The molecule has 0 bridgehead atoms. The van der Waals surface area contributed by atoms with Gasteiger partial charge in [-0.2, -0.15) is 4.31 Å². The van der Waals surface area contributed by atoms with E-state index in [0.717, 1.165) is 5.69 Å². The average molecular weight is 384 g/mol. The van der Waals surface area contributed by atoms with Gasteiger partial charge in [0.2, 0.25) is 10.0 Å². The summed E-state index contributed by atoms with van der Waals surface area (Å²) in [6, 6.07) is 15.7. The summed E-state index contributed by atoms with van der Waals surface area (Å²) < 4.78 is 32.6. The van der Waals surface area contributed by atoms with Crippen LogP contribution in [0.4, 0.5) is 5.69 Å². The minimum atomic E-state index is -3.59. The number of hydrogen-bond donors (Lipinski definition) is 0. The van der Waals surface area contributed by atoms with Crippen molar-refractivity contribution in [1.82, 2.24) is 4.31 Å². The van der Waals surface area contributed by atoms with Gasteiger partial charge < -0.3 is 9.32 Å². The third-order valence-corrected chi connectivity index (χ3v) is 6.73. The standard InChI is InChI=1S/C20H20N2O4S/c1-15-3-2-4-17(13-15)21-9-11-22(12-10-21)27(24,25)18-6-7-19-16(14-18)5-8-20(23)26-19/h2-8,13-14H,9-12H2,1H3. The van der Waals surface area contributed by atoms with Crippen molar-refractivity contribution in [3.05, 3.63) is 70.6 Å². The molecule has 1 aliphatic heterocycles. The predicted octanol–water partition coefficient (Wildman–Crippen LogP) is 2.61. The molecule has 0 spiro atoms. The summed E-state index contributed by atoms with van der Waals surface area (Å²) in [6.45, 7) is 4.19. The Bertz CT molecular complexity index is 1150. The molecule has 140 valence electrons. The van der Waals surface area contributed by atoms with Crippen LogP contribution in [0.5, 0.6) is 0 Å². The molecular formula is C20H20N2O4S. The van der Waals surface area contributed by atoms with Crippen molar-refractivity contribution in [3.8, 4) is 0 Å². The van der Waals surface area contributed by atoms with Crippen molar-refractivity contribution in [2.24, 2.45) is 0 Å². The van der Waals surface area contributed by atoms with E-state index in [2.05, 4.69) is 11.0 Å². The Morgan fingerprint density at radius 3 is 2.44 bits per heavy atom. The minimum Gasteiger partial charge on any atom is -0.423 e. The van der Waals surface area contributed by atoms with Crippen molar-refractivity contribution in [2.75, 3.05) is 31.1 Å². The van der Waals surface area contributed by atoms with Crippen molar-refractivity contribution in [2.45, 2.75) is 11.8 Å². The molecule has 0 amide bonds. The van der Waals surface area contributed by atoms with Crippen molar-refractivity contribution < 1.29 is 12.8 Å². The lowest BCUT2D eigenvalue weighted by Crippen LogP contribution is -2.48. The molecule has 0 radical (unpaired) electrons. The number of rotatable bonds is 3.